The maximum atomic E-state index is 5.31. The predicted molar refractivity (Wildman–Crippen MR) is 54.9 cm³/mol. The van der Waals surface area contributed by atoms with Crippen molar-refractivity contribution in [3.05, 3.63) is 0 Å². The van der Waals surface area contributed by atoms with Crippen molar-refractivity contribution in [2.75, 3.05) is 39.9 Å². The van der Waals surface area contributed by atoms with Crippen molar-refractivity contribution in [1.82, 2.24) is 10.2 Å². The van der Waals surface area contributed by atoms with Gasteiger partial charge in [-0.1, -0.05) is 13.8 Å². The molecule has 1 atom stereocenters. The fraction of sp³-hybridized carbons (Fsp3) is 1.00. The molecule has 0 aliphatic carbocycles. The minimum absolute atomic E-state index is 0.609. The van der Waals surface area contributed by atoms with Crippen molar-refractivity contribution in [1.29, 1.82) is 0 Å². The van der Waals surface area contributed by atoms with E-state index in [0.29, 0.717) is 12.0 Å². The third-order valence-electron chi connectivity index (χ3n) is 2.73. The highest BCUT2D eigenvalue weighted by Crippen LogP contribution is 2.05. The minimum Gasteiger partial charge on any atom is -0.379 e. The van der Waals surface area contributed by atoms with E-state index in [1.54, 1.807) is 0 Å². The number of morpholine rings is 1. The fourth-order valence-electron chi connectivity index (χ4n) is 1.70. The molecule has 0 bridgehead atoms. The number of nitrogens with one attached hydrogen (secondary N) is 1. The lowest BCUT2D eigenvalue weighted by Gasteiger charge is -2.31. The van der Waals surface area contributed by atoms with E-state index in [1.165, 1.54) is 0 Å². The van der Waals surface area contributed by atoms with E-state index < -0.39 is 0 Å². The summed E-state index contributed by atoms with van der Waals surface area (Å²) < 4.78 is 5.31. The molecule has 1 N–H and O–H groups in total. The molecule has 1 fully saturated rings. The van der Waals surface area contributed by atoms with Crippen LogP contribution in [0, 0.1) is 5.92 Å². The third kappa shape index (κ3) is 3.63. The first-order chi connectivity index (χ1) is 6.24. The Morgan fingerprint density at radius 2 is 1.92 bits per heavy atom. The van der Waals surface area contributed by atoms with E-state index >= 15 is 0 Å². The number of nitrogens with zero attached hydrogens (tertiary/aromatic N) is 1. The van der Waals surface area contributed by atoms with Crippen molar-refractivity contribution in [3.8, 4) is 0 Å². The van der Waals surface area contributed by atoms with E-state index in [2.05, 4.69) is 24.1 Å². The van der Waals surface area contributed by atoms with Crippen LogP contribution in [0.4, 0.5) is 0 Å². The topological polar surface area (TPSA) is 24.5 Å². The summed E-state index contributed by atoms with van der Waals surface area (Å²) in [7, 11) is 2.05. The summed E-state index contributed by atoms with van der Waals surface area (Å²) in [5, 5.41) is 3.37. The molecule has 0 aromatic heterocycles. The van der Waals surface area contributed by atoms with Crippen LogP contribution in [-0.4, -0.2) is 50.8 Å². The molecule has 0 amide bonds. The molecule has 13 heavy (non-hydrogen) atoms. The minimum atomic E-state index is 0.609. The monoisotopic (exact) mass is 186 g/mol. The molecule has 78 valence electrons. The second-order valence-corrected chi connectivity index (χ2v) is 4.05. The number of hydrogen-bond acceptors (Lipinski definition) is 3. The Hall–Kier alpha value is -0.120. The lowest BCUT2D eigenvalue weighted by atomic mass is 10.0. The van der Waals surface area contributed by atoms with E-state index in [9.17, 15) is 0 Å². The zero-order chi connectivity index (χ0) is 9.68. The van der Waals surface area contributed by atoms with Gasteiger partial charge in [0.25, 0.3) is 0 Å². The molecule has 0 aromatic rings. The average Bonchev–Trinajstić information content (AvgIpc) is 2.15. The highest BCUT2D eigenvalue weighted by Gasteiger charge is 2.17. The molecule has 1 aliphatic heterocycles. The van der Waals surface area contributed by atoms with Crippen molar-refractivity contribution in [2.24, 2.45) is 5.92 Å². The van der Waals surface area contributed by atoms with Gasteiger partial charge in [0.2, 0.25) is 0 Å². The molecular formula is C10H22N2O. The van der Waals surface area contributed by atoms with E-state index in [4.69, 9.17) is 4.74 Å². The Morgan fingerprint density at radius 3 is 2.38 bits per heavy atom. The van der Waals surface area contributed by atoms with Gasteiger partial charge < -0.3 is 10.1 Å². The Morgan fingerprint density at radius 1 is 1.31 bits per heavy atom. The van der Waals surface area contributed by atoms with Gasteiger partial charge in [0.15, 0.2) is 0 Å². The van der Waals surface area contributed by atoms with Crippen LogP contribution in [0.1, 0.15) is 13.8 Å². The van der Waals surface area contributed by atoms with Crippen LogP contribution in [0.25, 0.3) is 0 Å². The van der Waals surface area contributed by atoms with E-state index in [0.717, 1.165) is 32.8 Å². The lowest BCUT2D eigenvalue weighted by Crippen LogP contribution is -2.46. The molecule has 3 nitrogen and oxygen atoms in total. The van der Waals surface area contributed by atoms with Gasteiger partial charge >= 0.3 is 0 Å². The molecule has 1 unspecified atom stereocenters. The Kier molecular flexibility index (Phi) is 4.70. The van der Waals surface area contributed by atoms with Crippen LogP contribution in [0.5, 0.6) is 0 Å². The number of ether oxygens (including phenoxy) is 1. The zero-order valence-corrected chi connectivity index (χ0v) is 9.05. The Balaban J connectivity index is 2.27. The Labute approximate surface area is 81.4 Å². The van der Waals surface area contributed by atoms with Gasteiger partial charge in [0.05, 0.1) is 13.2 Å². The molecule has 0 aromatic carbocycles. The highest BCUT2D eigenvalue weighted by atomic mass is 16.5. The van der Waals surface area contributed by atoms with Gasteiger partial charge in [-0.05, 0) is 13.0 Å². The van der Waals surface area contributed by atoms with Crippen LogP contribution >= 0.6 is 0 Å². The SMILES string of the molecule is CNC(CN1CCOCC1)C(C)C. The molecular weight excluding hydrogens is 164 g/mol. The van der Waals surface area contributed by atoms with Crippen molar-refractivity contribution < 1.29 is 4.74 Å². The molecule has 3 heteroatoms. The second-order valence-electron chi connectivity index (χ2n) is 4.05. The van der Waals surface area contributed by atoms with Gasteiger partial charge in [0.1, 0.15) is 0 Å². The van der Waals surface area contributed by atoms with Gasteiger partial charge in [0, 0.05) is 25.7 Å². The van der Waals surface area contributed by atoms with Crippen molar-refractivity contribution in [2.45, 2.75) is 19.9 Å². The molecule has 1 rings (SSSR count). The first-order valence-electron chi connectivity index (χ1n) is 5.21. The molecule has 0 radical (unpaired) electrons. The zero-order valence-electron chi connectivity index (χ0n) is 9.05. The maximum Gasteiger partial charge on any atom is 0.0594 e. The third-order valence-corrected chi connectivity index (χ3v) is 2.73. The summed E-state index contributed by atoms with van der Waals surface area (Å²) in [6, 6.07) is 0.609. The van der Waals surface area contributed by atoms with Gasteiger partial charge in [-0.15, -0.1) is 0 Å². The summed E-state index contributed by atoms with van der Waals surface area (Å²) in [4.78, 5) is 2.48. The number of hydrogen-bond donors (Lipinski definition) is 1. The predicted octanol–water partition coefficient (Wildman–Crippen LogP) is 0.563. The highest BCUT2D eigenvalue weighted by molar-refractivity contribution is 4.74. The summed E-state index contributed by atoms with van der Waals surface area (Å²) >= 11 is 0. The van der Waals surface area contributed by atoms with Crippen LogP contribution in [-0.2, 0) is 4.74 Å². The fourth-order valence-corrected chi connectivity index (χ4v) is 1.70. The Bertz CT molecular complexity index is 133. The molecule has 0 spiro atoms. The molecule has 0 saturated carbocycles. The number of rotatable bonds is 4. The van der Waals surface area contributed by atoms with Gasteiger partial charge in [-0.2, -0.15) is 0 Å². The maximum absolute atomic E-state index is 5.31. The van der Waals surface area contributed by atoms with Gasteiger partial charge in [-0.3, -0.25) is 4.90 Å². The summed E-state index contributed by atoms with van der Waals surface area (Å²) in [5.41, 5.74) is 0. The second kappa shape index (κ2) is 5.58. The quantitative estimate of drug-likeness (QED) is 0.694. The van der Waals surface area contributed by atoms with Crippen LogP contribution in [0.15, 0.2) is 0 Å². The van der Waals surface area contributed by atoms with Crippen molar-refractivity contribution >= 4 is 0 Å². The van der Waals surface area contributed by atoms with Crippen LogP contribution in [0.2, 0.25) is 0 Å². The van der Waals surface area contributed by atoms with E-state index in [-0.39, 0.29) is 0 Å². The summed E-state index contributed by atoms with van der Waals surface area (Å²) in [6.07, 6.45) is 0. The smallest absolute Gasteiger partial charge is 0.0594 e. The lowest BCUT2D eigenvalue weighted by molar-refractivity contribution is 0.0315. The molecule has 1 heterocycles. The standard InChI is InChI=1S/C10H22N2O/c1-9(2)10(11-3)8-12-4-6-13-7-5-12/h9-11H,4-8H2,1-3H3. The van der Waals surface area contributed by atoms with E-state index in [1.807, 2.05) is 7.05 Å². The molecule has 1 saturated heterocycles. The molecule has 1 aliphatic rings. The first kappa shape index (κ1) is 11.0. The summed E-state index contributed by atoms with van der Waals surface area (Å²) in [5.74, 6) is 0.702. The van der Waals surface area contributed by atoms with Crippen molar-refractivity contribution in [3.63, 3.8) is 0 Å². The van der Waals surface area contributed by atoms with Crippen LogP contribution in [0.3, 0.4) is 0 Å². The first-order valence-corrected chi connectivity index (χ1v) is 5.21. The normalized spacial score (nSPS) is 22.2. The number of likely N-dealkylation sites (N-methyl/N-ethyl adjacent to an activating group) is 1. The van der Waals surface area contributed by atoms with Gasteiger partial charge in [-0.25, -0.2) is 0 Å². The summed E-state index contributed by atoms with van der Waals surface area (Å²) in [6.45, 7) is 9.65. The largest absolute Gasteiger partial charge is 0.379 e. The van der Waals surface area contributed by atoms with Crippen LogP contribution < -0.4 is 5.32 Å². The average molecular weight is 186 g/mol.